The Bertz CT molecular complexity index is 1470. The molecule has 0 aliphatic carbocycles. The van der Waals surface area contributed by atoms with Gasteiger partial charge in [0.1, 0.15) is 11.6 Å². The molecule has 1 aliphatic rings. The fraction of sp³-hybridized carbons (Fsp3) is 0.179. The van der Waals surface area contributed by atoms with Crippen LogP contribution in [-0.2, 0) is 19.5 Å². The summed E-state index contributed by atoms with van der Waals surface area (Å²) in [7, 11) is 1.62. The zero-order chi connectivity index (χ0) is 25.8. The minimum absolute atomic E-state index is 0.0764. The van der Waals surface area contributed by atoms with E-state index in [0.717, 1.165) is 11.3 Å². The van der Waals surface area contributed by atoms with Crippen LogP contribution in [0, 0.1) is 5.82 Å². The zero-order valence-corrected chi connectivity index (χ0v) is 20.3. The number of halogens is 1. The van der Waals surface area contributed by atoms with E-state index in [1.807, 2.05) is 54.6 Å². The summed E-state index contributed by atoms with van der Waals surface area (Å²) in [5.41, 5.74) is 2.59. The average molecular weight is 500 g/mol. The maximum absolute atomic E-state index is 14.0. The molecule has 188 valence electrons. The van der Waals surface area contributed by atoms with Gasteiger partial charge >= 0.3 is 6.03 Å². The second-order valence-corrected chi connectivity index (χ2v) is 8.62. The number of amides is 2. The summed E-state index contributed by atoms with van der Waals surface area (Å²) in [5, 5.41) is 5.90. The summed E-state index contributed by atoms with van der Waals surface area (Å²) in [6.07, 6.45) is 0.405. The molecule has 3 aromatic carbocycles. The molecule has 0 unspecified atom stereocenters. The zero-order valence-electron chi connectivity index (χ0n) is 20.3. The Kier molecular flexibility index (Phi) is 6.85. The normalized spacial score (nSPS) is 12.5. The average Bonchev–Trinajstić information content (AvgIpc) is 2.93. The molecular formula is C28H26FN5O3. The van der Waals surface area contributed by atoms with Crippen molar-refractivity contribution in [3.63, 3.8) is 0 Å². The lowest BCUT2D eigenvalue weighted by molar-refractivity contribution is 0.205. The van der Waals surface area contributed by atoms with E-state index in [1.54, 1.807) is 19.2 Å². The number of anilines is 2. The number of rotatable bonds is 6. The number of methoxy groups -OCH3 is 1. The maximum Gasteiger partial charge on any atom is 0.322 e. The van der Waals surface area contributed by atoms with Crippen molar-refractivity contribution >= 4 is 17.7 Å². The number of carbonyl (C=O) groups is 1. The third kappa shape index (κ3) is 5.16. The van der Waals surface area contributed by atoms with Gasteiger partial charge in [-0.15, -0.1) is 0 Å². The monoisotopic (exact) mass is 499 g/mol. The molecule has 37 heavy (non-hydrogen) atoms. The van der Waals surface area contributed by atoms with Crippen molar-refractivity contribution < 1.29 is 13.9 Å². The topological polar surface area (TPSA) is 88.5 Å². The molecule has 1 aromatic heterocycles. The highest BCUT2D eigenvalue weighted by atomic mass is 19.1. The Morgan fingerprint density at radius 2 is 1.76 bits per heavy atom. The van der Waals surface area contributed by atoms with Gasteiger partial charge in [0, 0.05) is 19.5 Å². The molecule has 0 atom stereocenters. The van der Waals surface area contributed by atoms with Gasteiger partial charge in [0.05, 0.1) is 36.3 Å². The van der Waals surface area contributed by atoms with Crippen LogP contribution in [0.15, 0.2) is 83.7 Å². The first kappa shape index (κ1) is 24.1. The van der Waals surface area contributed by atoms with Gasteiger partial charge in [-0.1, -0.05) is 42.5 Å². The summed E-state index contributed by atoms with van der Waals surface area (Å²) in [5.74, 6) is 0.671. The van der Waals surface area contributed by atoms with Crippen LogP contribution in [0.3, 0.4) is 0 Å². The van der Waals surface area contributed by atoms with Gasteiger partial charge in [0.15, 0.2) is 0 Å². The number of ether oxygens (including phenoxy) is 1. The van der Waals surface area contributed by atoms with Crippen LogP contribution in [0.5, 0.6) is 5.75 Å². The quantitative estimate of drug-likeness (QED) is 0.405. The number of hydrogen-bond acceptors (Lipinski definition) is 5. The van der Waals surface area contributed by atoms with Gasteiger partial charge in [-0.3, -0.25) is 4.79 Å². The third-order valence-corrected chi connectivity index (χ3v) is 6.26. The Labute approximate surface area is 213 Å². The Morgan fingerprint density at radius 3 is 2.49 bits per heavy atom. The van der Waals surface area contributed by atoms with Crippen LogP contribution < -0.4 is 20.9 Å². The first-order valence-corrected chi connectivity index (χ1v) is 11.9. The Hall–Kier alpha value is -4.66. The molecule has 0 saturated heterocycles. The van der Waals surface area contributed by atoms with Gasteiger partial charge in [0.2, 0.25) is 5.95 Å². The van der Waals surface area contributed by atoms with E-state index in [-0.39, 0.29) is 17.8 Å². The highest BCUT2D eigenvalue weighted by molar-refractivity contribution is 5.89. The van der Waals surface area contributed by atoms with E-state index < -0.39 is 11.8 Å². The first-order chi connectivity index (χ1) is 18.0. The number of nitrogens with one attached hydrogen (secondary N) is 2. The number of para-hydroxylation sites is 2. The minimum atomic E-state index is -0.520. The molecule has 5 rings (SSSR count). The smallest absolute Gasteiger partial charge is 0.322 e. The maximum atomic E-state index is 14.0. The van der Waals surface area contributed by atoms with Crippen LogP contribution in [-0.4, -0.2) is 34.1 Å². The van der Waals surface area contributed by atoms with Crippen LogP contribution in [0.1, 0.15) is 16.8 Å². The van der Waals surface area contributed by atoms with Crippen LogP contribution >= 0.6 is 0 Å². The highest BCUT2D eigenvalue weighted by Crippen LogP contribution is 2.22. The summed E-state index contributed by atoms with van der Waals surface area (Å²) < 4.78 is 20.8. The summed E-state index contributed by atoms with van der Waals surface area (Å²) >= 11 is 0. The molecule has 2 amide bonds. The van der Waals surface area contributed by atoms with Crippen molar-refractivity contribution in [2.75, 3.05) is 24.3 Å². The lowest BCUT2D eigenvalue weighted by atomic mass is 10.1. The second-order valence-electron chi connectivity index (χ2n) is 8.62. The lowest BCUT2D eigenvalue weighted by Gasteiger charge is -2.29. The summed E-state index contributed by atoms with van der Waals surface area (Å²) in [4.78, 5) is 32.9. The molecule has 2 heterocycles. The third-order valence-electron chi connectivity index (χ3n) is 6.26. The molecule has 0 saturated carbocycles. The minimum Gasteiger partial charge on any atom is -0.497 e. The van der Waals surface area contributed by atoms with E-state index in [9.17, 15) is 14.0 Å². The summed E-state index contributed by atoms with van der Waals surface area (Å²) in [6, 6.07) is 22.4. The molecule has 1 aliphatic heterocycles. The molecule has 0 bridgehead atoms. The second kappa shape index (κ2) is 10.5. The van der Waals surface area contributed by atoms with Crippen molar-refractivity contribution in [1.29, 1.82) is 0 Å². The van der Waals surface area contributed by atoms with Crippen LogP contribution in [0.25, 0.3) is 5.69 Å². The number of benzene rings is 3. The SMILES string of the molecule is COc1ccc(CNc2nc3c(c(=O)n2-c2ccccc2)CN(C(=O)Nc2ccccc2F)CC3)cc1. The predicted molar refractivity (Wildman–Crippen MR) is 140 cm³/mol. The predicted octanol–water partition coefficient (Wildman–Crippen LogP) is 4.58. The van der Waals surface area contributed by atoms with Crippen molar-refractivity contribution in [3.8, 4) is 11.4 Å². The molecule has 2 N–H and O–H groups in total. The van der Waals surface area contributed by atoms with Gasteiger partial charge in [-0.25, -0.2) is 18.7 Å². The molecule has 8 nitrogen and oxygen atoms in total. The van der Waals surface area contributed by atoms with Gasteiger partial charge in [-0.2, -0.15) is 0 Å². The van der Waals surface area contributed by atoms with E-state index in [2.05, 4.69) is 10.6 Å². The van der Waals surface area contributed by atoms with E-state index >= 15 is 0 Å². The number of hydrogen-bond donors (Lipinski definition) is 2. The van der Waals surface area contributed by atoms with Gasteiger partial charge in [0.25, 0.3) is 5.56 Å². The largest absolute Gasteiger partial charge is 0.497 e. The lowest BCUT2D eigenvalue weighted by Crippen LogP contribution is -2.43. The molecule has 9 heteroatoms. The number of aromatic nitrogens is 2. The van der Waals surface area contributed by atoms with E-state index in [1.165, 1.54) is 21.6 Å². The molecule has 0 spiro atoms. The van der Waals surface area contributed by atoms with E-state index in [0.29, 0.717) is 42.4 Å². The highest BCUT2D eigenvalue weighted by Gasteiger charge is 2.27. The van der Waals surface area contributed by atoms with Gasteiger partial charge in [-0.05, 0) is 42.0 Å². The molecule has 4 aromatic rings. The molecule has 0 fully saturated rings. The number of fused-ring (bicyclic) bond motifs is 1. The Morgan fingerprint density at radius 1 is 1.03 bits per heavy atom. The molecule has 0 radical (unpaired) electrons. The van der Waals surface area contributed by atoms with Crippen LogP contribution in [0.4, 0.5) is 20.8 Å². The van der Waals surface area contributed by atoms with Crippen molar-refractivity contribution in [3.05, 3.63) is 112 Å². The van der Waals surface area contributed by atoms with Crippen molar-refractivity contribution in [1.82, 2.24) is 14.5 Å². The Balaban J connectivity index is 1.44. The van der Waals surface area contributed by atoms with E-state index in [4.69, 9.17) is 9.72 Å². The van der Waals surface area contributed by atoms with Crippen molar-refractivity contribution in [2.45, 2.75) is 19.5 Å². The van der Waals surface area contributed by atoms with Crippen molar-refractivity contribution in [2.24, 2.45) is 0 Å². The fourth-order valence-corrected chi connectivity index (χ4v) is 4.27. The fourth-order valence-electron chi connectivity index (χ4n) is 4.27. The number of urea groups is 1. The summed E-state index contributed by atoms with van der Waals surface area (Å²) in [6.45, 7) is 0.888. The first-order valence-electron chi connectivity index (χ1n) is 11.9. The van der Waals surface area contributed by atoms with Crippen LogP contribution in [0.2, 0.25) is 0 Å². The standard InChI is InChI=1S/C28H26FN5O3/c1-37-21-13-11-19(12-14-21)17-30-27-31-24-15-16-33(28(36)32-25-10-6-5-9-23(25)29)18-22(24)26(35)34(27)20-7-3-2-4-8-20/h2-14H,15-18H2,1H3,(H,30,31)(H,32,36). The van der Waals surface area contributed by atoms with Gasteiger partial charge < -0.3 is 20.3 Å². The molecular weight excluding hydrogens is 473 g/mol. The number of carbonyl (C=O) groups excluding carboxylic acids is 1. The number of nitrogens with zero attached hydrogens (tertiary/aromatic N) is 3.